The van der Waals surface area contributed by atoms with Crippen LogP contribution in [0, 0.1) is 0 Å². The molecule has 1 saturated heterocycles. The Morgan fingerprint density at radius 1 is 1.54 bits per heavy atom. The minimum absolute atomic E-state index is 0.342. The minimum Gasteiger partial charge on any atom is -0.465 e. The van der Waals surface area contributed by atoms with Gasteiger partial charge >= 0.3 is 5.97 Å². The lowest BCUT2D eigenvalue weighted by Crippen LogP contribution is -2.05. The molecule has 2 rings (SSSR count). The molecule has 0 spiro atoms. The van der Waals surface area contributed by atoms with Gasteiger partial charge in [0, 0.05) is 0 Å². The second-order valence-electron chi connectivity index (χ2n) is 2.65. The highest BCUT2D eigenvalue weighted by Crippen LogP contribution is 2.26. The minimum atomic E-state index is -0.342. The summed E-state index contributed by atoms with van der Waals surface area (Å²) in [5, 5.41) is 1.63. The maximum absolute atomic E-state index is 11.3. The molecule has 0 aromatic heterocycles. The van der Waals surface area contributed by atoms with E-state index in [4.69, 9.17) is 4.84 Å². The molecule has 0 radical (unpaired) electrons. The van der Waals surface area contributed by atoms with Gasteiger partial charge in [-0.15, -0.1) is 0 Å². The number of para-hydroxylation sites is 1. The van der Waals surface area contributed by atoms with E-state index >= 15 is 0 Å². The Morgan fingerprint density at radius 3 is 2.85 bits per heavy atom. The summed E-state index contributed by atoms with van der Waals surface area (Å²) in [5.41, 5.74) is 1.29. The summed E-state index contributed by atoms with van der Waals surface area (Å²) in [6.45, 7) is 0.536. The van der Waals surface area contributed by atoms with Gasteiger partial charge in [0.05, 0.1) is 18.4 Å². The van der Waals surface area contributed by atoms with Gasteiger partial charge in [-0.05, 0) is 12.1 Å². The van der Waals surface area contributed by atoms with Gasteiger partial charge in [-0.2, -0.15) is 0 Å². The SMILES string of the molecule is COC(=O)c1ccccc1N1CO1. The van der Waals surface area contributed by atoms with E-state index in [9.17, 15) is 4.79 Å². The summed E-state index contributed by atoms with van der Waals surface area (Å²) in [6.07, 6.45) is 0. The summed E-state index contributed by atoms with van der Waals surface area (Å²) in [6, 6.07) is 7.17. The number of anilines is 1. The van der Waals surface area contributed by atoms with Gasteiger partial charge in [-0.1, -0.05) is 12.1 Å². The lowest BCUT2D eigenvalue weighted by atomic mass is 10.2. The maximum Gasteiger partial charge on any atom is 0.340 e. The molecule has 4 heteroatoms. The molecule has 13 heavy (non-hydrogen) atoms. The number of rotatable bonds is 2. The molecule has 0 saturated carbocycles. The highest BCUT2D eigenvalue weighted by atomic mass is 16.8. The van der Waals surface area contributed by atoms with Crippen molar-refractivity contribution in [3.63, 3.8) is 0 Å². The Morgan fingerprint density at radius 2 is 2.23 bits per heavy atom. The zero-order valence-electron chi connectivity index (χ0n) is 7.19. The number of nitrogens with zero attached hydrogens (tertiary/aromatic N) is 1. The van der Waals surface area contributed by atoms with E-state index in [2.05, 4.69) is 4.74 Å². The van der Waals surface area contributed by atoms with E-state index < -0.39 is 0 Å². The van der Waals surface area contributed by atoms with Crippen molar-refractivity contribution in [2.24, 2.45) is 0 Å². The summed E-state index contributed by atoms with van der Waals surface area (Å²) >= 11 is 0. The number of carbonyl (C=O) groups is 1. The lowest BCUT2D eigenvalue weighted by molar-refractivity contribution is 0.0601. The van der Waals surface area contributed by atoms with Gasteiger partial charge < -0.3 is 4.74 Å². The van der Waals surface area contributed by atoms with E-state index in [1.807, 2.05) is 12.1 Å². The average molecular weight is 179 g/mol. The first-order valence-electron chi connectivity index (χ1n) is 3.90. The zero-order chi connectivity index (χ0) is 9.26. The number of benzene rings is 1. The molecule has 0 amide bonds. The molecule has 0 aliphatic carbocycles. The van der Waals surface area contributed by atoms with Crippen LogP contribution in [0.4, 0.5) is 5.69 Å². The fourth-order valence-corrected chi connectivity index (χ4v) is 1.14. The molecule has 1 aliphatic heterocycles. The van der Waals surface area contributed by atoms with E-state index in [-0.39, 0.29) is 5.97 Å². The van der Waals surface area contributed by atoms with Gasteiger partial charge in [-0.25, -0.2) is 14.7 Å². The van der Waals surface area contributed by atoms with E-state index in [1.54, 1.807) is 17.2 Å². The van der Waals surface area contributed by atoms with Crippen molar-refractivity contribution in [1.29, 1.82) is 0 Å². The molecule has 0 bridgehead atoms. The Labute approximate surface area is 75.6 Å². The molecule has 1 aromatic rings. The summed E-state index contributed by atoms with van der Waals surface area (Å²) in [4.78, 5) is 16.2. The average Bonchev–Trinajstić information content (AvgIpc) is 3.00. The highest BCUT2D eigenvalue weighted by Gasteiger charge is 2.25. The first-order chi connectivity index (χ1) is 6.33. The van der Waals surface area contributed by atoms with Crippen LogP contribution < -0.4 is 5.06 Å². The third-order valence-corrected chi connectivity index (χ3v) is 1.84. The van der Waals surface area contributed by atoms with Gasteiger partial charge in [0.2, 0.25) is 0 Å². The Bertz CT molecular complexity index is 333. The third kappa shape index (κ3) is 1.48. The van der Waals surface area contributed by atoms with E-state index in [0.717, 1.165) is 5.69 Å². The number of carbonyl (C=O) groups excluding carboxylic acids is 1. The Hall–Kier alpha value is -1.55. The van der Waals surface area contributed by atoms with Crippen LogP contribution in [0.15, 0.2) is 24.3 Å². The van der Waals surface area contributed by atoms with Crippen molar-refractivity contribution >= 4 is 11.7 Å². The van der Waals surface area contributed by atoms with Crippen molar-refractivity contribution in [3.8, 4) is 0 Å². The smallest absolute Gasteiger partial charge is 0.340 e. The van der Waals surface area contributed by atoms with Crippen LogP contribution in [0.3, 0.4) is 0 Å². The predicted molar refractivity (Wildman–Crippen MR) is 46.2 cm³/mol. The number of hydrogen-bond donors (Lipinski definition) is 0. The second kappa shape index (κ2) is 3.06. The second-order valence-corrected chi connectivity index (χ2v) is 2.65. The number of esters is 1. The molecule has 1 heterocycles. The van der Waals surface area contributed by atoms with Gasteiger partial charge in [-0.3, -0.25) is 0 Å². The van der Waals surface area contributed by atoms with Crippen molar-refractivity contribution in [1.82, 2.24) is 0 Å². The lowest BCUT2D eigenvalue weighted by Gasteiger charge is -2.05. The van der Waals surface area contributed by atoms with Gasteiger partial charge in [0.15, 0.2) is 6.73 Å². The van der Waals surface area contributed by atoms with Crippen LogP contribution in [-0.2, 0) is 9.57 Å². The predicted octanol–water partition coefficient (Wildman–Crippen LogP) is 1.18. The number of hydroxylamine groups is 1. The number of ether oxygens (including phenoxy) is 1. The largest absolute Gasteiger partial charge is 0.465 e. The highest BCUT2D eigenvalue weighted by molar-refractivity contribution is 5.95. The molecule has 0 N–H and O–H groups in total. The molecule has 1 fully saturated rings. The molecule has 68 valence electrons. The van der Waals surface area contributed by atoms with Crippen molar-refractivity contribution < 1.29 is 14.4 Å². The molecule has 0 unspecified atom stereocenters. The molecular formula is C9H9NO3. The first-order valence-corrected chi connectivity index (χ1v) is 3.90. The van der Waals surface area contributed by atoms with E-state index in [0.29, 0.717) is 12.3 Å². The summed E-state index contributed by atoms with van der Waals surface area (Å²) in [5.74, 6) is -0.342. The van der Waals surface area contributed by atoms with Crippen molar-refractivity contribution in [2.45, 2.75) is 0 Å². The Balaban J connectivity index is 2.36. The van der Waals surface area contributed by atoms with Crippen LogP contribution in [0.1, 0.15) is 10.4 Å². The summed E-state index contributed by atoms with van der Waals surface area (Å²) in [7, 11) is 1.36. The van der Waals surface area contributed by atoms with Crippen LogP contribution in [-0.4, -0.2) is 19.8 Å². The number of hydrogen-bond acceptors (Lipinski definition) is 4. The van der Waals surface area contributed by atoms with Crippen LogP contribution >= 0.6 is 0 Å². The zero-order valence-corrected chi connectivity index (χ0v) is 7.19. The van der Waals surface area contributed by atoms with Crippen LogP contribution in [0.5, 0.6) is 0 Å². The van der Waals surface area contributed by atoms with Crippen LogP contribution in [0.25, 0.3) is 0 Å². The molecule has 4 nitrogen and oxygen atoms in total. The van der Waals surface area contributed by atoms with Crippen molar-refractivity contribution in [2.75, 3.05) is 18.9 Å². The third-order valence-electron chi connectivity index (χ3n) is 1.84. The van der Waals surface area contributed by atoms with Crippen molar-refractivity contribution in [3.05, 3.63) is 29.8 Å². The van der Waals surface area contributed by atoms with Gasteiger partial charge in [0.1, 0.15) is 0 Å². The van der Waals surface area contributed by atoms with Crippen LogP contribution in [0.2, 0.25) is 0 Å². The molecule has 1 aromatic carbocycles. The molecule has 1 aliphatic rings. The quantitative estimate of drug-likeness (QED) is 0.505. The van der Waals surface area contributed by atoms with E-state index in [1.165, 1.54) is 7.11 Å². The standard InChI is InChI=1S/C9H9NO3/c1-12-9(11)7-4-2-3-5-8(7)10-6-13-10/h2-5H,6H2,1H3. The topological polar surface area (TPSA) is 41.8 Å². The molecular weight excluding hydrogens is 170 g/mol. The number of methoxy groups -OCH3 is 1. The van der Waals surface area contributed by atoms with Gasteiger partial charge in [0.25, 0.3) is 0 Å². The summed E-state index contributed by atoms with van der Waals surface area (Å²) < 4.78 is 4.63. The Kier molecular flexibility index (Phi) is 1.90. The fourth-order valence-electron chi connectivity index (χ4n) is 1.14. The molecule has 0 atom stereocenters. The normalized spacial score (nSPS) is 14.1. The maximum atomic E-state index is 11.3. The monoisotopic (exact) mass is 179 g/mol. The first kappa shape index (κ1) is 8.07. The fraction of sp³-hybridized carbons (Fsp3) is 0.222.